The normalized spacial score (nSPS) is 14.9. The lowest BCUT2D eigenvalue weighted by atomic mass is 9.94. The third-order valence-corrected chi connectivity index (χ3v) is 5.45. The van der Waals surface area contributed by atoms with Gasteiger partial charge in [-0.3, -0.25) is 4.79 Å². The maximum Gasteiger partial charge on any atom is 0.222 e. The molecule has 0 N–H and O–H groups in total. The number of carbonyl (C=O) groups is 1. The molecule has 27 heavy (non-hydrogen) atoms. The average Bonchev–Trinajstić information content (AvgIpc) is 3.16. The van der Waals surface area contributed by atoms with Crippen molar-refractivity contribution in [2.24, 2.45) is 0 Å². The largest absolute Gasteiger partial charge is 0.378 e. The molecule has 2 aromatic rings. The standard InChI is InChI=1S/C20H30N6O/c1-24(2)16-12-14-18(15-13-16)26-19(21-22-23-26)10-7-11-20(27)25(3)17-8-5-4-6-9-17/h12-15,17H,4-11H2,1-3H3. The highest BCUT2D eigenvalue weighted by Crippen LogP contribution is 2.22. The van der Waals surface area contributed by atoms with Crippen molar-refractivity contribution in [1.82, 2.24) is 25.1 Å². The van der Waals surface area contributed by atoms with Gasteiger partial charge in [0.2, 0.25) is 5.91 Å². The molecule has 1 aromatic carbocycles. The first-order valence-electron chi connectivity index (χ1n) is 9.87. The number of amides is 1. The van der Waals surface area contributed by atoms with Crippen LogP contribution >= 0.6 is 0 Å². The molecule has 1 heterocycles. The third-order valence-electron chi connectivity index (χ3n) is 5.45. The Labute approximate surface area is 161 Å². The smallest absolute Gasteiger partial charge is 0.222 e. The molecule has 1 fully saturated rings. The number of hydrogen-bond acceptors (Lipinski definition) is 5. The van der Waals surface area contributed by atoms with Gasteiger partial charge in [-0.15, -0.1) is 5.10 Å². The summed E-state index contributed by atoms with van der Waals surface area (Å²) in [5, 5.41) is 12.1. The summed E-state index contributed by atoms with van der Waals surface area (Å²) in [5.74, 6) is 1.02. The van der Waals surface area contributed by atoms with Crippen molar-refractivity contribution in [1.29, 1.82) is 0 Å². The molecule has 1 aliphatic rings. The highest BCUT2D eigenvalue weighted by molar-refractivity contribution is 5.76. The number of carbonyl (C=O) groups excluding carboxylic acids is 1. The van der Waals surface area contributed by atoms with Crippen molar-refractivity contribution in [2.75, 3.05) is 26.0 Å². The summed E-state index contributed by atoms with van der Waals surface area (Å²) in [7, 11) is 5.98. The fourth-order valence-electron chi connectivity index (χ4n) is 3.70. The minimum Gasteiger partial charge on any atom is -0.378 e. The quantitative estimate of drug-likeness (QED) is 0.750. The summed E-state index contributed by atoms with van der Waals surface area (Å²) >= 11 is 0. The second-order valence-electron chi connectivity index (χ2n) is 7.57. The van der Waals surface area contributed by atoms with E-state index in [0.29, 0.717) is 18.9 Å². The van der Waals surface area contributed by atoms with Crippen LogP contribution in [0.2, 0.25) is 0 Å². The van der Waals surface area contributed by atoms with E-state index in [1.54, 1.807) is 4.68 Å². The summed E-state index contributed by atoms with van der Waals surface area (Å²) in [5.41, 5.74) is 2.07. The van der Waals surface area contributed by atoms with Crippen LogP contribution in [-0.4, -0.2) is 58.2 Å². The van der Waals surface area contributed by atoms with Gasteiger partial charge in [0, 0.05) is 45.7 Å². The van der Waals surface area contributed by atoms with Gasteiger partial charge in [0.25, 0.3) is 0 Å². The van der Waals surface area contributed by atoms with Crippen LogP contribution in [0.3, 0.4) is 0 Å². The number of benzene rings is 1. The van der Waals surface area contributed by atoms with Crippen molar-refractivity contribution < 1.29 is 4.79 Å². The Hall–Kier alpha value is -2.44. The number of nitrogens with zero attached hydrogens (tertiary/aromatic N) is 6. The van der Waals surface area contributed by atoms with E-state index in [-0.39, 0.29) is 5.91 Å². The molecule has 0 unspecified atom stereocenters. The van der Waals surface area contributed by atoms with Gasteiger partial charge >= 0.3 is 0 Å². The number of aryl methyl sites for hydroxylation is 1. The zero-order valence-electron chi connectivity index (χ0n) is 16.6. The topological polar surface area (TPSA) is 67.2 Å². The van der Waals surface area contributed by atoms with E-state index in [0.717, 1.165) is 36.5 Å². The van der Waals surface area contributed by atoms with Crippen molar-refractivity contribution in [3.8, 4) is 5.69 Å². The van der Waals surface area contributed by atoms with Gasteiger partial charge in [-0.1, -0.05) is 19.3 Å². The molecule has 1 aliphatic carbocycles. The molecule has 0 atom stereocenters. The van der Waals surface area contributed by atoms with Gasteiger partial charge in [0.05, 0.1) is 5.69 Å². The Morgan fingerprint density at radius 1 is 1.11 bits per heavy atom. The van der Waals surface area contributed by atoms with Crippen molar-refractivity contribution in [3.05, 3.63) is 30.1 Å². The molecule has 1 saturated carbocycles. The van der Waals surface area contributed by atoms with Gasteiger partial charge in [0.1, 0.15) is 0 Å². The molecule has 0 bridgehead atoms. The average molecular weight is 371 g/mol. The molecule has 0 aliphatic heterocycles. The summed E-state index contributed by atoms with van der Waals surface area (Å²) in [6, 6.07) is 8.54. The van der Waals surface area contributed by atoms with Crippen LogP contribution < -0.4 is 4.90 Å². The molecule has 1 aromatic heterocycles. The summed E-state index contributed by atoms with van der Waals surface area (Å²) in [6.07, 6.45) is 8.05. The van der Waals surface area contributed by atoms with Crippen LogP contribution in [-0.2, 0) is 11.2 Å². The lowest BCUT2D eigenvalue weighted by molar-refractivity contribution is -0.132. The first-order valence-corrected chi connectivity index (χ1v) is 9.87. The number of anilines is 1. The Kier molecular flexibility index (Phi) is 6.42. The van der Waals surface area contributed by atoms with E-state index in [1.807, 2.05) is 50.3 Å². The molecule has 7 heteroatoms. The number of aromatic nitrogens is 4. The van der Waals surface area contributed by atoms with Crippen LogP contribution in [0.15, 0.2) is 24.3 Å². The Morgan fingerprint density at radius 2 is 1.81 bits per heavy atom. The molecular formula is C20H30N6O. The van der Waals surface area contributed by atoms with Gasteiger partial charge in [-0.25, -0.2) is 0 Å². The predicted octanol–water partition coefficient (Wildman–Crippen LogP) is 2.84. The Morgan fingerprint density at radius 3 is 2.48 bits per heavy atom. The number of tetrazole rings is 1. The third kappa shape index (κ3) is 4.84. The van der Waals surface area contributed by atoms with Crippen LogP contribution in [0, 0.1) is 0 Å². The zero-order chi connectivity index (χ0) is 19.2. The SMILES string of the molecule is CN(C)c1ccc(-n2nnnc2CCCC(=O)N(C)C2CCCCC2)cc1. The fraction of sp³-hybridized carbons (Fsp3) is 0.600. The summed E-state index contributed by atoms with van der Waals surface area (Å²) in [6.45, 7) is 0. The van der Waals surface area contributed by atoms with Gasteiger partial charge in [0.15, 0.2) is 5.82 Å². The minimum atomic E-state index is 0.233. The van der Waals surface area contributed by atoms with Crippen molar-refractivity contribution >= 4 is 11.6 Å². The summed E-state index contributed by atoms with van der Waals surface area (Å²) in [4.78, 5) is 16.5. The highest BCUT2D eigenvalue weighted by atomic mass is 16.2. The molecule has 146 valence electrons. The van der Waals surface area contributed by atoms with Crippen LogP contribution in [0.1, 0.15) is 50.8 Å². The van der Waals surface area contributed by atoms with Crippen molar-refractivity contribution in [3.63, 3.8) is 0 Å². The molecule has 0 radical (unpaired) electrons. The monoisotopic (exact) mass is 370 g/mol. The van der Waals surface area contributed by atoms with Crippen LogP contribution in [0.5, 0.6) is 0 Å². The second kappa shape index (κ2) is 8.97. The fourth-order valence-corrected chi connectivity index (χ4v) is 3.70. The lowest BCUT2D eigenvalue weighted by Crippen LogP contribution is -2.38. The maximum absolute atomic E-state index is 12.5. The Bertz CT molecular complexity index is 733. The van der Waals surface area contributed by atoms with E-state index in [4.69, 9.17) is 0 Å². The maximum atomic E-state index is 12.5. The van der Waals surface area contributed by atoms with E-state index in [1.165, 1.54) is 19.3 Å². The van der Waals surface area contributed by atoms with Crippen LogP contribution in [0.4, 0.5) is 5.69 Å². The molecule has 7 nitrogen and oxygen atoms in total. The molecule has 0 saturated heterocycles. The first kappa shape index (κ1) is 19.3. The second-order valence-corrected chi connectivity index (χ2v) is 7.57. The number of rotatable bonds is 7. The lowest BCUT2D eigenvalue weighted by Gasteiger charge is -2.31. The first-order chi connectivity index (χ1) is 13.1. The zero-order valence-corrected chi connectivity index (χ0v) is 16.6. The van der Waals surface area contributed by atoms with E-state index in [2.05, 4.69) is 20.4 Å². The summed E-state index contributed by atoms with van der Waals surface area (Å²) < 4.78 is 1.76. The minimum absolute atomic E-state index is 0.233. The number of hydrogen-bond donors (Lipinski definition) is 0. The van der Waals surface area contributed by atoms with Gasteiger partial charge in [-0.2, -0.15) is 4.68 Å². The Balaban J connectivity index is 1.54. The molecule has 1 amide bonds. The molecule has 3 rings (SSSR count). The van der Waals surface area contributed by atoms with E-state index < -0.39 is 0 Å². The molecule has 0 spiro atoms. The van der Waals surface area contributed by atoms with Gasteiger partial charge < -0.3 is 9.80 Å². The van der Waals surface area contributed by atoms with E-state index >= 15 is 0 Å². The molecular weight excluding hydrogens is 340 g/mol. The van der Waals surface area contributed by atoms with Gasteiger partial charge in [-0.05, 0) is 54.0 Å². The van der Waals surface area contributed by atoms with E-state index in [9.17, 15) is 4.79 Å². The predicted molar refractivity (Wildman–Crippen MR) is 106 cm³/mol. The van der Waals surface area contributed by atoms with Crippen molar-refractivity contribution in [2.45, 2.75) is 57.4 Å². The highest BCUT2D eigenvalue weighted by Gasteiger charge is 2.21. The van der Waals surface area contributed by atoms with Crippen LogP contribution in [0.25, 0.3) is 5.69 Å².